The maximum atomic E-state index is 13.5. The average molecular weight is 590 g/mol. The van der Waals surface area contributed by atoms with Crippen LogP contribution in [0.15, 0.2) is 18.2 Å². The van der Waals surface area contributed by atoms with Crippen LogP contribution in [0.3, 0.4) is 0 Å². The summed E-state index contributed by atoms with van der Waals surface area (Å²) in [5.41, 5.74) is 0.324. The highest BCUT2D eigenvalue weighted by Gasteiger charge is 2.60. The summed E-state index contributed by atoms with van der Waals surface area (Å²) in [6.45, 7) is 4.89. The van der Waals surface area contributed by atoms with E-state index in [0.29, 0.717) is 63.6 Å². The fourth-order valence-corrected chi connectivity index (χ4v) is 6.05. The molecule has 4 rings (SSSR count). The first-order chi connectivity index (χ1) is 18.5. The Labute approximate surface area is 226 Å². The molecule has 1 spiro atoms. The van der Waals surface area contributed by atoms with Crippen LogP contribution >= 0.6 is 0 Å². The average Bonchev–Trinajstić information content (AvgIpc) is 3.22. The number of anilines is 1. The molecule has 0 N–H and O–H groups in total. The van der Waals surface area contributed by atoms with Crippen molar-refractivity contribution in [2.45, 2.75) is 70.2 Å². The molecule has 226 valence electrons. The Balaban J connectivity index is 1.40. The zero-order chi connectivity index (χ0) is 29.5. The van der Waals surface area contributed by atoms with Gasteiger partial charge in [0.1, 0.15) is 0 Å². The Hall–Kier alpha value is -2.38. The Morgan fingerprint density at radius 3 is 2.17 bits per heavy atom. The Bertz CT molecular complexity index is 1040. The van der Waals surface area contributed by atoms with E-state index in [1.165, 1.54) is 12.1 Å². The summed E-state index contributed by atoms with van der Waals surface area (Å²) in [7, 11) is 0. The molecule has 1 aromatic rings. The summed E-state index contributed by atoms with van der Waals surface area (Å²) in [6.07, 6.45) is -18.6. The highest BCUT2D eigenvalue weighted by molar-refractivity contribution is 5.68. The van der Waals surface area contributed by atoms with Crippen molar-refractivity contribution in [3.63, 3.8) is 0 Å². The van der Waals surface area contributed by atoms with Crippen molar-refractivity contribution in [3.8, 4) is 0 Å². The molecule has 1 atom stereocenters. The predicted octanol–water partition coefficient (Wildman–Crippen LogP) is 6.86. The van der Waals surface area contributed by atoms with Gasteiger partial charge in [-0.1, -0.05) is 13.0 Å². The minimum absolute atomic E-state index is 0.0493. The van der Waals surface area contributed by atoms with Gasteiger partial charge in [-0.2, -0.15) is 39.5 Å². The molecule has 5 nitrogen and oxygen atoms in total. The number of ether oxygens (including phenoxy) is 1. The van der Waals surface area contributed by atoms with Crippen molar-refractivity contribution >= 4 is 11.8 Å². The SMILES string of the molecule is CC1CCCN(c2cc(C(F)(F)F)ccc2CN2CCC3(CCN(C(=O)OC(C(F)(F)F)C(F)(F)F)CC3)C2)C1. The van der Waals surface area contributed by atoms with Crippen LogP contribution in [0.25, 0.3) is 0 Å². The molecule has 3 fully saturated rings. The van der Waals surface area contributed by atoms with E-state index in [-0.39, 0.29) is 18.5 Å². The smallest absolute Gasteiger partial charge is 0.426 e. The van der Waals surface area contributed by atoms with Crippen LogP contribution in [0.5, 0.6) is 0 Å². The van der Waals surface area contributed by atoms with Crippen LogP contribution < -0.4 is 4.90 Å². The third-order valence-electron chi connectivity index (χ3n) is 8.22. The minimum Gasteiger partial charge on any atom is -0.426 e. The van der Waals surface area contributed by atoms with Crippen molar-refractivity contribution in [1.29, 1.82) is 0 Å². The lowest BCUT2D eigenvalue weighted by Gasteiger charge is -2.39. The third-order valence-corrected chi connectivity index (χ3v) is 8.22. The first kappa shape index (κ1) is 30.6. The fourth-order valence-electron chi connectivity index (χ4n) is 6.05. The van der Waals surface area contributed by atoms with Crippen molar-refractivity contribution in [2.75, 3.05) is 44.2 Å². The summed E-state index contributed by atoms with van der Waals surface area (Å²) in [4.78, 5) is 17.1. The number of carbonyl (C=O) groups excluding carboxylic acids is 1. The van der Waals surface area contributed by atoms with Crippen molar-refractivity contribution in [3.05, 3.63) is 29.3 Å². The molecular formula is C26H32F9N3O2. The van der Waals surface area contributed by atoms with Crippen molar-refractivity contribution < 1.29 is 49.0 Å². The highest BCUT2D eigenvalue weighted by atomic mass is 19.4. The molecule has 3 aliphatic heterocycles. The number of hydrogen-bond donors (Lipinski definition) is 0. The summed E-state index contributed by atoms with van der Waals surface area (Å²) in [5, 5.41) is 0. The Morgan fingerprint density at radius 1 is 0.975 bits per heavy atom. The van der Waals surface area contributed by atoms with Crippen LogP contribution in [0.4, 0.5) is 50.0 Å². The quantitative estimate of drug-likeness (QED) is 0.360. The van der Waals surface area contributed by atoms with Gasteiger partial charge in [-0.05, 0) is 67.7 Å². The first-order valence-electron chi connectivity index (χ1n) is 13.2. The first-order valence-corrected chi connectivity index (χ1v) is 13.2. The van der Waals surface area contributed by atoms with Gasteiger partial charge >= 0.3 is 24.6 Å². The molecule has 3 aliphatic rings. The summed E-state index contributed by atoms with van der Waals surface area (Å²) in [5.74, 6) is 0.352. The summed E-state index contributed by atoms with van der Waals surface area (Å²) >= 11 is 0. The van der Waals surface area contributed by atoms with Crippen LogP contribution in [0.1, 0.15) is 50.2 Å². The lowest BCUT2D eigenvalue weighted by Crippen LogP contribution is -2.50. The lowest BCUT2D eigenvalue weighted by atomic mass is 9.78. The molecule has 0 radical (unpaired) electrons. The molecular weight excluding hydrogens is 557 g/mol. The number of nitrogens with zero attached hydrogens (tertiary/aromatic N) is 3. The Kier molecular flexibility index (Phi) is 8.51. The van der Waals surface area contributed by atoms with Crippen LogP contribution in [0, 0.1) is 11.3 Å². The molecule has 0 saturated carbocycles. The van der Waals surface area contributed by atoms with E-state index in [1.54, 1.807) is 0 Å². The van der Waals surface area contributed by atoms with Gasteiger partial charge in [0.15, 0.2) is 0 Å². The van der Waals surface area contributed by atoms with E-state index in [2.05, 4.69) is 16.6 Å². The van der Waals surface area contributed by atoms with Crippen LogP contribution in [-0.4, -0.2) is 73.6 Å². The van der Waals surface area contributed by atoms with Gasteiger partial charge in [-0.25, -0.2) is 4.79 Å². The van der Waals surface area contributed by atoms with Gasteiger partial charge in [-0.3, -0.25) is 4.90 Å². The topological polar surface area (TPSA) is 36.0 Å². The highest BCUT2D eigenvalue weighted by Crippen LogP contribution is 2.43. The fraction of sp³-hybridized carbons (Fsp3) is 0.731. The second-order valence-corrected chi connectivity index (χ2v) is 11.3. The molecule has 0 bridgehead atoms. The Morgan fingerprint density at radius 2 is 1.60 bits per heavy atom. The van der Waals surface area contributed by atoms with Crippen LogP contribution in [-0.2, 0) is 17.5 Å². The number of amides is 1. The number of piperidine rings is 2. The third kappa shape index (κ3) is 7.09. The number of hydrogen-bond acceptors (Lipinski definition) is 4. The number of likely N-dealkylation sites (tertiary alicyclic amines) is 2. The number of halogens is 9. The lowest BCUT2D eigenvalue weighted by molar-refractivity contribution is -0.308. The molecule has 1 unspecified atom stereocenters. The van der Waals surface area contributed by atoms with E-state index < -0.39 is 36.3 Å². The minimum atomic E-state index is -5.78. The second-order valence-electron chi connectivity index (χ2n) is 11.3. The van der Waals surface area contributed by atoms with Gasteiger partial charge in [0.2, 0.25) is 0 Å². The van der Waals surface area contributed by atoms with Gasteiger partial charge in [0, 0.05) is 45.0 Å². The number of alkyl halides is 9. The molecule has 0 aliphatic carbocycles. The van der Waals surface area contributed by atoms with E-state index >= 15 is 0 Å². The van der Waals surface area contributed by atoms with E-state index in [4.69, 9.17) is 0 Å². The van der Waals surface area contributed by atoms with E-state index in [1.807, 2.05) is 4.90 Å². The number of carbonyl (C=O) groups is 1. The number of benzene rings is 1. The molecule has 3 heterocycles. The van der Waals surface area contributed by atoms with Crippen molar-refractivity contribution in [1.82, 2.24) is 9.80 Å². The summed E-state index contributed by atoms with van der Waals surface area (Å²) in [6, 6.07) is 3.80. The van der Waals surface area contributed by atoms with Gasteiger partial charge < -0.3 is 14.5 Å². The molecule has 0 aromatic heterocycles. The van der Waals surface area contributed by atoms with E-state index in [0.717, 1.165) is 29.4 Å². The zero-order valence-corrected chi connectivity index (χ0v) is 21.9. The van der Waals surface area contributed by atoms with Gasteiger partial charge in [0.05, 0.1) is 5.56 Å². The van der Waals surface area contributed by atoms with Gasteiger partial charge in [0.25, 0.3) is 6.10 Å². The molecule has 1 amide bonds. The van der Waals surface area contributed by atoms with Gasteiger partial charge in [-0.15, -0.1) is 0 Å². The second kappa shape index (κ2) is 11.1. The molecule has 1 aromatic carbocycles. The summed E-state index contributed by atoms with van der Waals surface area (Å²) < 4.78 is 121. The monoisotopic (exact) mass is 589 g/mol. The molecule has 40 heavy (non-hydrogen) atoms. The van der Waals surface area contributed by atoms with E-state index in [9.17, 15) is 44.3 Å². The predicted molar refractivity (Wildman–Crippen MR) is 128 cm³/mol. The van der Waals surface area contributed by atoms with Crippen LogP contribution in [0.2, 0.25) is 0 Å². The number of rotatable bonds is 4. The zero-order valence-electron chi connectivity index (χ0n) is 21.9. The molecule has 14 heteroatoms. The maximum absolute atomic E-state index is 13.5. The largest absolute Gasteiger partial charge is 0.434 e. The molecule has 3 saturated heterocycles. The standard InChI is InChI=1S/C26H32F9N3O2/c1-17-3-2-9-38(14-17)20-13-19(24(27,28)29)5-4-18(20)15-36-10-6-23(16-36)7-11-37(12-8-23)22(39)40-21(25(30,31)32)26(33,34)35/h4-5,13,17,21H,2-3,6-12,14-16H2,1H3. The normalized spacial score (nSPS) is 22.8. The maximum Gasteiger partial charge on any atom is 0.434 e. The van der Waals surface area contributed by atoms with Crippen molar-refractivity contribution in [2.24, 2.45) is 11.3 Å².